The van der Waals surface area contributed by atoms with E-state index in [0.717, 1.165) is 11.3 Å². The molecule has 4 nitrogen and oxygen atoms in total. The first-order valence-electron chi connectivity index (χ1n) is 6.36. The molecule has 0 aliphatic rings. The number of halogens is 1. The van der Waals surface area contributed by atoms with E-state index in [1.807, 2.05) is 55.5 Å². The minimum Gasteiger partial charge on any atom is -0.480 e. The number of ether oxygens (including phenoxy) is 1. The van der Waals surface area contributed by atoms with Crippen molar-refractivity contribution in [2.45, 2.75) is 19.4 Å². The topological polar surface area (TPSA) is 72.5 Å². The maximum Gasteiger partial charge on any atom is 0.320 e. The van der Waals surface area contributed by atoms with E-state index < -0.39 is 12.0 Å². The number of hydrogen-bond donors (Lipinski definition) is 2. The second-order valence-electron chi connectivity index (χ2n) is 4.71. The summed E-state index contributed by atoms with van der Waals surface area (Å²) in [5, 5.41) is 8.77. The summed E-state index contributed by atoms with van der Waals surface area (Å²) >= 11 is 0. The van der Waals surface area contributed by atoms with E-state index >= 15 is 0 Å². The summed E-state index contributed by atoms with van der Waals surface area (Å²) in [4.78, 5) is 10.7. The fraction of sp³-hybridized carbons (Fsp3) is 0.188. The number of hydrogen-bond acceptors (Lipinski definition) is 3. The Balaban J connectivity index is 0.00000220. The fourth-order valence-corrected chi connectivity index (χ4v) is 1.78. The fourth-order valence-electron chi connectivity index (χ4n) is 1.78. The zero-order chi connectivity index (χ0) is 14.5. The maximum absolute atomic E-state index is 10.7. The molecule has 3 N–H and O–H groups in total. The lowest BCUT2D eigenvalue weighted by atomic mass is 10.1. The van der Waals surface area contributed by atoms with Gasteiger partial charge in [0.2, 0.25) is 0 Å². The molecule has 0 aromatic heterocycles. The molecule has 1 atom stereocenters. The van der Waals surface area contributed by atoms with E-state index in [0.29, 0.717) is 12.2 Å². The summed E-state index contributed by atoms with van der Waals surface area (Å²) in [6.07, 6.45) is 0.306. The first-order valence-corrected chi connectivity index (χ1v) is 6.36. The molecule has 0 aliphatic carbocycles. The monoisotopic (exact) mass is 307 g/mol. The highest BCUT2D eigenvalue weighted by molar-refractivity contribution is 5.85. The Bertz CT molecular complexity index is 581. The van der Waals surface area contributed by atoms with Gasteiger partial charge in [-0.2, -0.15) is 0 Å². The Morgan fingerprint density at radius 1 is 1.10 bits per heavy atom. The molecule has 0 spiro atoms. The lowest BCUT2D eigenvalue weighted by molar-refractivity contribution is -0.138. The molecule has 0 radical (unpaired) electrons. The number of carbonyl (C=O) groups is 1. The van der Waals surface area contributed by atoms with E-state index in [4.69, 9.17) is 15.6 Å². The highest BCUT2D eigenvalue weighted by Crippen LogP contribution is 2.22. The number of rotatable bonds is 5. The largest absolute Gasteiger partial charge is 0.480 e. The number of carboxylic acid groups (broad SMARTS) is 1. The van der Waals surface area contributed by atoms with E-state index in [9.17, 15) is 4.79 Å². The van der Waals surface area contributed by atoms with Gasteiger partial charge in [-0.15, -0.1) is 12.4 Å². The van der Waals surface area contributed by atoms with Crippen LogP contribution in [0.4, 0.5) is 0 Å². The van der Waals surface area contributed by atoms with Gasteiger partial charge < -0.3 is 15.6 Å². The van der Waals surface area contributed by atoms with Crippen LogP contribution in [0.1, 0.15) is 11.1 Å². The number of aliphatic carboxylic acids is 1. The Morgan fingerprint density at radius 2 is 1.57 bits per heavy atom. The molecule has 0 fully saturated rings. The van der Waals surface area contributed by atoms with Crippen molar-refractivity contribution in [3.63, 3.8) is 0 Å². The van der Waals surface area contributed by atoms with Crippen molar-refractivity contribution in [2.24, 2.45) is 5.73 Å². The average molecular weight is 308 g/mol. The molecule has 0 amide bonds. The molecule has 5 heteroatoms. The normalized spacial score (nSPS) is 11.3. The third-order valence-electron chi connectivity index (χ3n) is 2.95. The van der Waals surface area contributed by atoms with Gasteiger partial charge in [-0.3, -0.25) is 4.79 Å². The molecule has 0 heterocycles. The van der Waals surface area contributed by atoms with Crippen molar-refractivity contribution in [2.75, 3.05) is 0 Å². The molecule has 2 aromatic carbocycles. The van der Waals surface area contributed by atoms with E-state index in [1.54, 1.807) is 0 Å². The van der Waals surface area contributed by atoms with Crippen LogP contribution in [0, 0.1) is 6.92 Å². The molecule has 2 aromatic rings. The number of benzene rings is 2. The molecule has 21 heavy (non-hydrogen) atoms. The van der Waals surface area contributed by atoms with E-state index in [-0.39, 0.29) is 12.4 Å². The van der Waals surface area contributed by atoms with Gasteiger partial charge in [0, 0.05) is 0 Å². The molecule has 0 saturated heterocycles. The Kier molecular flexibility index (Phi) is 6.21. The highest BCUT2D eigenvalue weighted by Gasteiger charge is 2.11. The van der Waals surface area contributed by atoms with Gasteiger partial charge in [0.1, 0.15) is 17.5 Å². The summed E-state index contributed by atoms with van der Waals surface area (Å²) < 4.78 is 5.69. The average Bonchev–Trinajstić information content (AvgIpc) is 2.43. The molecule has 112 valence electrons. The quantitative estimate of drug-likeness (QED) is 0.890. The van der Waals surface area contributed by atoms with Gasteiger partial charge in [0.25, 0.3) is 0 Å². The van der Waals surface area contributed by atoms with Crippen LogP contribution in [0.3, 0.4) is 0 Å². The van der Waals surface area contributed by atoms with Crippen LogP contribution >= 0.6 is 12.4 Å². The zero-order valence-corrected chi connectivity index (χ0v) is 12.5. The second kappa shape index (κ2) is 7.67. The van der Waals surface area contributed by atoms with E-state index in [2.05, 4.69) is 0 Å². The number of nitrogens with two attached hydrogens (primary N) is 1. The zero-order valence-electron chi connectivity index (χ0n) is 11.7. The summed E-state index contributed by atoms with van der Waals surface area (Å²) in [6, 6.07) is 14.2. The predicted octanol–water partition coefficient (Wildman–Crippen LogP) is 3.16. The third-order valence-corrected chi connectivity index (χ3v) is 2.95. The van der Waals surface area contributed by atoms with E-state index in [1.165, 1.54) is 5.56 Å². The smallest absolute Gasteiger partial charge is 0.320 e. The molecule has 0 bridgehead atoms. The van der Waals surface area contributed by atoms with Gasteiger partial charge >= 0.3 is 5.97 Å². The number of carboxylic acids is 1. The molecule has 0 aliphatic heterocycles. The third kappa shape index (κ3) is 5.10. The summed E-state index contributed by atoms with van der Waals surface area (Å²) in [7, 11) is 0. The van der Waals surface area contributed by atoms with Crippen LogP contribution in [-0.4, -0.2) is 17.1 Å². The summed E-state index contributed by atoms with van der Waals surface area (Å²) in [5.41, 5.74) is 7.54. The lowest BCUT2D eigenvalue weighted by Crippen LogP contribution is -2.32. The highest BCUT2D eigenvalue weighted by atomic mass is 35.5. The maximum atomic E-state index is 10.7. The Morgan fingerprint density at radius 3 is 2.05 bits per heavy atom. The van der Waals surface area contributed by atoms with Crippen molar-refractivity contribution in [3.8, 4) is 11.5 Å². The van der Waals surface area contributed by atoms with Crippen molar-refractivity contribution in [3.05, 3.63) is 59.7 Å². The standard InChI is InChI=1S/C16H17NO3.ClH/c1-11-2-6-13(7-3-11)20-14-8-4-12(5-9-14)10-15(17)16(18)19;/h2-9,15H,10,17H2,1H3,(H,18,19);1H. The van der Waals surface area contributed by atoms with Gasteiger partial charge in [-0.05, 0) is 43.2 Å². The van der Waals surface area contributed by atoms with Gasteiger partial charge in [-0.1, -0.05) is 29.8 Å². The molecule has 1 unspecified atom stereocenters. The SMILES string of the molecule is Cc1ccc(Oc2ccc(CC(N)C(=O)O)cc2)cc1.Cl. The van der Waals surface area contributed by atoms with Crippen molar-refractivity contribution < 1.29 is 14.6 Å². The first kappa shape index (κ1) is 17.0. The van der Waals surface area contributed by atoms with Crippen LogP contribution < -0.4 is 10.5 Å². The van der Waals surface area contributed by atoms with Crippen molar-refractivity contribution in [1.29, 1.82) is 0 Å². The summed E-state index contributed by atoms with van der Waals surface area (Å²) in [5.74, 6) is 0.483. The van der Waals surface area contributed by atoms with Crippen LogP contribution in [0.25, 0.3) is 0 Å². The van der Waals surface area contributed by atoms with Crippen molar-refractivity contribution >= 4 is 18.4 Å². The molecule has 0 saturated carbocycles. The van der Waals surface area contributed by atoms with Crippen LogP contribution in [0.2, 0.25) is 0 Å². The molecular formula is C16H18ClNO3. The van der Waals surface area contributed by atoms with Gasteiger partial charge in [-0.25, -0.2) is 0 Å². The first-order chi connectivity index (χ1) is 9.54. The van der Waals surface area contributed by atoms with Crippen LogP contribution in [-0.2, 0) is 11.2 Å². The minimum absolute atomic E-state index is 0. The lowest BCUT2D eigenvalue weighted by Gasteiger charge is -2.09. The summed E-state index contributed by atoms with van der Waals surface area (Å²) in [6.45, 7) is 2.02. The Hall–Kier alpha value is -2.04. The second-order valence-corrected chi connectivity index (χ2v) is 4.71. The van der Waals surface area contributed by atoms with Gasteiger partial charge in [0.15, 0.2) is 0 Å². The van der Waals surface area contributed by atoms with Crippen molar-refractivity contribution in [1.82, 2.24) is 0 Å². The molecule has 2 rings (SSSR count). The van der Waals surface area contributed by atoms with Crippen LogP contribution in [0.15, 0.2) is 48.5 Å². The molecular weight excluding hydrogens is 290 g/mol. The number of aryl methyl sites for hydroxylation is 1. The predicted molar refractivity (Wildman–Crippen MR) is 84.3 cm³/mol. The van der Waals surface area contributed by atoms with Gasteiger partial charge in [0.05, 0.1) is 0 Å². The Labute approximate surface area is 130 Å². The minimum atomic E-state index is -0.995. The van der Waals surface area contributed by atoms with Crippen LogP contribution in [0.5, 0.6) is 11.5 Å².